The topological polar surface area (TPSA) is 71.5 Å². The highest BCUT2D eigenvalue weighted by molar-refractivity contribution is 7.14. The first-order valence-corrected chi connectivity index (χ1v) is 9.74. The largest absolute Gasteiger partial charge is 0.482 e. The lowest BCUT2D eigenvalue weighted by Crippen LogP contribution is -2.43. The zero-order chi connectivity index (χ0) is 19.7. The minimum atomic E-state index is -0.299. The van der Waals surface area contributed by atoms with E-state index in [0.717, 1.165) is 16.8 Å². The van der Waals surface area contributed by atoms with Crippen LogP contribution in [0.15, 0.2) is 47.8 Å². The van der Waals surface area contributed by atoms with Crippen LogP contribution in [0.4, 0.5) is 10.8 Å². The predicted molar refractivity (Wildman–Crippen MR) is 110 cm³/mol. The van der Waals surface area contributed by atoms with Crippen molar-refractivity contribution in [1.82, 2.24) is 4.98 Å². The highest BCUT2D eigenvalue weighted by Crippen LogP contribution is 2.32. The number of benzene rings is 2. The van der Waals surface area contributed by atoms with E-state index in [0.29, 0.717) is 16.6 Å². The molecule has 142 valence electrons. The Balaban J connectivity index is 1.48. The molecule has 0 aliphatic carbocycles. The molecule has 0 spiro atoms. The van der Waals surface area contributed by atoms with Crippen LogP contribution >= 0.6 is 11.3 Å². The van der Waals surface area contributed by atoms with E-state index in [-0.39, 0.29) is 25.0 Å². The summed E-state index contributed by atoms with van der Waals surface area (Å²) in [7, 11) is 0. The monoisotopic (exact) mass is 393 g/mol. The number of rotatable bonds is 4. The number of thiazole rings is 1. The van der Waals surface area contributed by atoms with E-state index in [2.05, 4.69) is 23.3 Å². The molecule has 0 atom stereocenters. The third-order valence-electron chi connectivity index (χ3n) is 4.52. The number of amides is 2. The van der Waals surface area contributed by atoms with Crippen LogP contribution in [0.5, 0.6) is 5.75 Å². The number of aryl methyl sites for hydroxylation is 2. The van der Waals surface area contributed by atoms with Crippen LogP contribution in [0.3, 0.4) is 0 Å². The summed E-state index contributed by atoms with van der Waals surface area (Å²) in [5, 5.41) is 5.22. The van der Waals surface area contributed by atoms with E-state index in [4.69, 9.17) is 4.74 Å². The van der Waals surface area contributed by atoms with Crippen LogP contribution in [0.1, 0.15) is 11.1 Å². The molecule has 2 heterocycles. The maximum atomic E-state index is 12.5. The van der Waals surface area contributed by atoms with E-state index >= 15 is 0 Å². The summed E-state index contributed by atoms with van der Waals surface area (Å²) in [4.78, 5) is 30.7. The average Bonchev–Trinajstić information content (AvgIpc) is 3.12. The number of fused-ring (bicyclic) bond motifs is 1. The van der Waals surface area contributed by atoms with Crippen molar-refractivity contribution >= 4 is 34.0 Å². The number of hydrogen-bond acceptors (Lipinski definition) is 5. The first-order valence-electron chi connectivity index (χ1n) is 8.86. The number of aromatic nitrogens is 1. The molecule has 0 saturated heterocycles. The van der Waals surface area contributed by atoms with Crippen LogP contribution in [0, 0.1) is 13.8 Å². The predicted octanol–water partition coefficient (Wildman–Crippen LogP) is 3.79. The lowest BCUT2D eigenvalue weighted by Gasteiger charge is -2.28. The fourth-order valence-electron chi connectivity index (χ4n) is 3.19. The number of para-hydroxylation sites is 2. The summed E-state index contributed by atoms with van der Waals surface area (Å²) < 4.78 is 5.40. The Bertz CT molecular complexity index is 1060. The molecular formula is C21H19N3O3S. The van der Waals surface area contributed by atoms with Crippen molar-refractivity contribution in [2.75, 3.05) is 23.4 Å². The third-order valence-corrected chi connectivity index (χ3v) is 5.28. The number of carbonyl (C=O) groups is 2. The Labute approximate surface area is 166 Å². The second-order valence-corrected chi connectivity index (χ2v) is 7.50. The quantitative estimate of drug-likeness (QED) is 0.732. The molecular weight excluding hydrogens is 374 g/mol. The van der Waals surface area contributed by atoms with Crippen LogP contribution in [0.25, 0.3) is 11.3 Å². The maximum Gasteiger partial charge on any atom is 0.265 e. The van der Waals surface area contributed by atoms with Gasteiger partial charge in [-0.2, -0.15) is 0 Å². The van der Waals surface area contributed by atoms with Crippen molar-refractivity contribution in [1.29, 1.82) is 0 Å². The number of nitrogens with zero attached hydrogens (tertiary/aromatic N) is 2. The smallest absolute Gasteiger partial charge is 0.265 e. The normalized spacial score (nSPS) is 13.1. The number of carbonyl (C=O) groups excluding carboxylic acids is 2. The van der Waals surface area contributed by atoms with E-state index in [1.807, 2.05) is 36.6 Å². The number of nitrogens with one attached hydrogen (secondary N) is 1. The molecule has 0 fully saturated rings. The van der Waals surface area contributed by atoms with Gasteiger partial charge in [-0.15, -0.1) is 11.3 Å². The van der Waals surface area contributed by atoms with E-state index in [1.54, 1.807) is 12.1 Å². The Morgan fingerprint density at radius 1 is 1.25 bits per heavy atom. The number of anilines is 2. The Morgan fingerprint density at radius 3 is 2.89 bits per heavy atom. The molecule has 2 amide bonds. The summed E-state index contributed by atoms with van der Waals surface area (Å²) in [5.41, 5.74) is 4.80. The van der Waals surface area contributed by atoms with Crippen molar-refractivity contribution in [2.24, 2.45) is 0 Å². The molecule has 1 aliphatic rings. The summed E-state index contributed by atoms with van der Waals surface area (Å²) in [5.74, 6) is 0.0526. The Hall–Kier alpha value is -3.19. The summed E-state index contributed by atoms with van der Waals surface area (Å²) in [6.45, 7) is 3.94. The van der Waals surface area contributed by atoms with Gasteiger partial charge in [-0.1, -0.05) is 35.9 Å². The van der Waals surface area contributed by atoms with Crippen LogP contribution in [0.2, 0.25) is 0 Å². The summed E-state index contributed by atoms with van der Waals surface area (Å²) in [6, 6.07) is 13.4. The van der Waals surface area contributed by atoms with Gasteiger partial charge in [0.15, 0.2) is 11.7 Å². The van der Waals surface area contributed by atoms with Gasteiger partial charge in [0.25, 0.3) is 5.91 Å². The highest BCUT2D eigenvalue weighted by Gasteiger charge is 2.27. The van der Waals surface area contributed by atoms with Gasteiger partial charge in [0.05, 0.1) is 11.4 Å². The standard InChI is InChI=1S/C21H19N3O3S/c1-13-7-8-15(14(2)9-13)16-12-28-21(22-16)23-19(25)10-24-17-5-3-4-6-18(17)27-11-20(24)26/h3-9,12H,10-11H2,1-2H3,(H,22,23,25). The average molecular weight is 393 g/mol. The Morgan fingerprint density at radius 2 is 2.07 bits per heavy atom. The molecule has 0 radical (unpaired) electrons. The van der Waals surface area contributed by atoms with Crippen LogP contribution in [-0.2, 0) is 9.59 Å². The number of ether oxygens (including phenoxy) is 1. The second-order valence-electron chi connectivity index (χ2n) is 6.64. The highest BCUT2D eigenvalue weighted by atomic mass is 32.1. The zero-order valence-electron chi connectivity index (χ0n) is 15.6. The summed E-state index contributed by atoms with van der Waals surface area (Å²) >= 11 is 1.36. The van der Waals surface area contributed by atoms with Gasteiger partial charge in [0, 0.05) is 10.9 Å². The summed E-state index contributed by atoms with van der Waals surface area (Å²) in [6.07, 6.45) is 0. The molecule has 28 heavy (non-hydrogen) atoms. The van der Waals surface area contributed by atoms with Gasteiger partial charge >= 0.3 is 0 Å². The van der Waals surface area contributed by atoms with E-state index < -0.39 is 0 Å². The molecule has 0 bridgehead atoms. The SMILES string of the molecule is Cc1ccc(-c2csc(NC(=O)CN3C(=O)COc4ccccc43)n2)c(C)c1. The van der Waals surface area contributed by atoms with Crippen molar-refractivity contribution < 1.29 is 14.3 Å². The van der Waals surface area contributed by atoms with Crippen LogP contribution < -0.4 is 15.0 Å². The van der Waals surface area contributed by atoms with Crippen molar-refractivity contribution in [3.63, 3.8) is 0 Å². The van der Waals surface area contributed by atoms with E-state index in [1.165, 1.54) is 21.8 Å². The minimum Gasteiger partial charge on any atom is -0.482 e. The Kier molecular flexibility index (Phi) is 4.83. The molecule has 2 aromatic carbocycles. The van der Waals surface area contributed by atoms with Crippen molar-refractivity contribution in [3.8, 4) is 17.0 Å². The minimum absolute atomic E-state index is 0.0710. The van der Waals surface area contributed by atoms with Gasteiger partial charge < -0.3 is 10.1 Å². The van der Waals surface area contributed by atoms with Gasteiger partial charge in [0.2, 0.25) is 5.91 Å². The number of hydrogen-bond donors (Lipinski definition) is 1. The molecule has 4 rings (SSSR count). The van der Waals surface area contributed by atoms with Crippen molar-refractivity contribution in [3.05, 3.63) is 59.0 Å². The molecule has 0 saturated carbocycles. The lowest BCUT2D eigenvalue weighted by molar-refractivity contribution is -0.123. The zero-order valence-corrected chi connectivity index (χ0v) is 16.4. The van der Waals surface area contributed by atoms with Gasteiger partial charge in [-0.25, -0.2) is 4.98 Å². The van der Waals surface area contributed by atoms with Crippen LogP contribution in [-0.4, -0.2) is 29.9 Å². The molecule has 1 aliphatic heterocycles. The van der Waals surface area contributed by atoms with E-state index in [9.17, 15) is 9.59 Å². The first-order chi connectivity index (χ1) is 13.5. The van der Waals surface area contributed by atoms with Gasteiger partial charge in [0.1, 0.15) is 12.3 Å². The molecule has 0 unspecified atom stereocenters. The molecule has 3 aromatic rings. The fraction of sp³-hybridized carbons (Fsp3) is 0.190. The molecule has 1 aromatic heterocycles. The first kappa shape index (κ1) is 18.2. The van der Waals surface area contributed by atoms with Gasteiger partial charge in [-0.05, 0) is 31.5 Å². The fourth-order valence-corrected chi connectivity index (χ4v) is 3.91. The molecule has 7 heteroatoms. The van der Waals surface area contributed by atoms with Crippen molar-refractivity contribution in [2.45, 2.75) is 13.8 Å². The molecule has 6 nitrogen and oxygen atoms in total. The second kappa shape index (κ2) is 7.44. The maximum absolute atomic E-state index is 12.5. The lowest BCUT2D eigenvalue weighted by atomic mass is 10.0. The molecule has 1 N–H and O–H groups in total. The third kappa shape index (κ3) is 3.61. The van der Waals surface area contributed by atoms with Gasteiger partial charge in [-0.3, -0.25) is 14.5 Å².